The maximum Gasteiger partial charge on any atom is 0.293 e. The first kappa shape index (κ1) is 23.5. The van der Waals surface area contributed by atoms with Gasteiger partial charge in [0.25, 0.3) is 5.69 Å². The molecule has 0 unspecified atom stereocenters. The fraction of sp³-hybridized carbons (Fsp3) is 0.647. The molecule has 0 aliphatic carbocycles. The standard InChI is InChI=1S/C17H28N4O6S2/c1-4-20(5-2)29(26,27)15-7-8-16(17(13-15)21(22)23)19-11-9-14(10-12-19)18-28(24,25)6-3/h7-8,13-14,18H,4-6,9-12H2,1-3H3. The number of nitrogens with zero attached hydrogens (tertiary/aromatic N) is 3. The van der Waals surface area contributed by atoms with Crippen LogP contribution in [0.4, 0.5) is 11.4 Å². The molecule has 1 aromatic carbocycles. The zero-order valence-electron chi connectivity index (χ0n) is 16.9. The third-order valence-corrected chi connectivity index (χ3v) is 8.55. The van der Waals surface area contributed by atoms with E-state index in [9.17, 15) is 26.9 Å². The van der Waals surface area contributed by atoms with Crippen molar-refractivity contribution >= 4 is 31.4 Å². The highest BCUT2D eigenvalue weighted by Gasteiger charge is 2.30. The summed E-state index contributed by atoms with van der Waals surface area (Å²) < 4.78 is 52.7. The summed E-state index contributed by atoms with van der Waals surface area (Å²) in [6, 6.07) is 3.75. The Kier molecular flexibility index (Phi) is 7.60. The van der Waals surface area contributed by atoms with E-state index in [1.54, 1.807) is 25.7 Å². The van der Waals surface area contributed by atoms with Crippen LogP contribution in [0.3, 0.4) is 0 Å². The monoisotopic (exact) mass is 448 g/mol. The molecule has 1 aliphatic rings. The number of nitrogens with one attached hydrogen (secondary N) is 1. The molecule has 1 saturated heterocycles. The van der Waals surface area contributed by atoms with Gasteiger partial charge in [-0.3, -0.25) is 10.1 Å². The van der Waals surface area contributed by atoms with Crippen molar-refractivity contribution in [3.63, 3.8) is 0 Å². The summed E-state index contributed by atoms with van der Waals surface area (Å²) >= 11 is 0. The molecule has 0 radical (unpaired) electrons. The van der Waals surface area contributed by atoms with Gasteiger partial charge < -0.3 is 4.90 Å². The number of piperidine rings is 1. The van der Waals surface area contributed by atoms with Crippen molar-refractivity contribution in [2.24, 2.45) is 0 Å². The lowest BCUT2D eigenvalue weighted by Crippen LogP contribution is -2.45. The van der Waals surface area contributed by atoms with Gasteiger partial charge in [0.2, 0.25) is 20.0 Å². The molecule has 0 aromatic heterocycles. The molecule has 2 rings (SSSR count). The number of rotatable bonds is 9. The van der Waals surface area contributed by atoms with E-state index in [1.165, 1.54) is 16.4 Å². The molecular weight excluding hydrogens is 420 g/mol. The van der Waals surface area contributed by atoms with Gasteiger partial charge in [0.05, 0.1) is 15.6 Å². The van der Waals surface area contributed by atoms with Gasteiger partial charge >= 0.3 is 0 Å². The van der Waals surface area contributed by atoms with E-state index in [0.717, 1.165) is 6.07 Å². The molecule has 1 aromatic rings. The summed E-state index contributed by atoms with van der Waals surface area (Å²) in [5, 5.41) is 11.6. The third kappa shape index (κ3) is 5.44. The zero-order valence-corrected chi connectivity index (χ0v) is 18.5. The summed E-state index contributed by atoms with van der Waals surface area (Å²) in [7, 11) is -7.11. The second kappa shape index (κ2) is 9.37. The van der Waals surface area contributed by atoms with E-state index in [4.69, 9.17) is 0 Å². The molecular formula is C17H28N4O6S2. The lowest BCUT2D eigenvalue weighted by atomic mass is 10.1. The predicted octanol–water partition coefficient (Wildman–Crippen LogP) is 1.53. The van der Waals surface area contributed by atoms with Crippen molar-refractivity contribution in [3.05, 3.63) is 28.3 Å². The van der Waals surface area contributed by atoms with Crippen molar-refractivity contribution in [2.45, 2.75) is 44.6 Å². The maximum atomic E-state index is 12.7. The second-order valence-corrected chi connectivity index (χ2v) is 10.8. The molecule has 29 heavy (non-hydrogen) atoms. The van der Waals surface area contributed by atoms with E-state index in [2.05, 4.69) is 4.72 Å². The van der Waals surface area contributed by atoms with Crippen LogP contribution in [0.2, 0.25) is 0 Å². The van der Waals surface area contributed by atoms with E-state index in [0.29, 0.717) is 31.6 Å². The normalized spacial score (nSPS) is 16.3. The zero-order chi connectivity index (χ0) is 21.8. The van der Waals surface area contributed by atoms with Crippen LogP contribution in [0.5, 0.6) is 0 Å². The highest BCUT2D eigenvalue weighted by Crippen LogP contribution is 2.33. The second-order valence-electron chi connectivity index (χ2n) is 6.78. The van der Waals surface area contributed by atoms with Crippen molar-refractivity contribution in [1.29, 1.82) is 0 Å². The average Bonchev–Trinajstić information content (AvgIpc) is 2.68. The van der Waals surface area contributed by atoms with Crippen LogP contribution in [0.25, 0.3) is 0 Å². The Hall–Kier alpha value is -1.76. The smallest absolute Gasteiger partial charge is 0.293 e. The van der Waals surface area contributed by atoms with Crippen LogP contribution in [0, 0.1) is 10.1 Å². The van der Waals surface area contributed by atoms with Crippen molar-refractivity contribution in [1.82, 2.24) is 9.03 Å². The summed E-state index contributed by atoms with van der Waals surface area (Å²) in [5.41, 5.74) is 0.0658. The molecule has 0 saturated carbocycles. The Morgan fingerprint density at radius 1 is 1.14 bits per heavy atom. The molecule has 1 fully saturated rings. The molecule has 10 nitrogen and oxygen atoms in total. The molecule has 164 valence electrons. The summed E-state index contributed by atoms with van der Waals surface area (Å²) in [4.78, 5) is 12.7. The molecule has 1 N–H and O–H groups in total. The van der Waals surface area contributed by atoms with Gasteiger partial charge in [0.1, 0.15) is 5.69 Å². The van der Waals surface area contributed by atoms with Crippen LogP contribution >= 0.6 is 0 Å². The number of nitro groups is 1. The van der Waals surface area contributed by atoms with Crippen molar-refractivity contribution < 1.29 is 21.8 Å². The predicted molar refractivity (Wildman–Crippen MR) is 111 cm³/mol. The quantitative estimate of drug-likeness (QED) is 0.448. The minimum atomic E-state index is -3.80. The Morgan fingerprint density at radius 2 is 1.72 bits per heavy atom. The summed E-state index contributed by atoms with van der Waals surface area (Å²) in [6.07, 6.45) is 1.02. The first-order chi connectivity index (χ1) is 13.6. The van der Waals surface area contributed by atoms with Gasteiger partial charge in [0, 0.05) is 38.3 Å². The van der Waals surface area contributed by atoms with Gasteiger partial charge in [0.15, 0.2) is 0 Å². The fourth-order valence-electron chi connectivity index (χ4n) is 3.37. The fourth-order valence-corrected chi connectivity index (χ4v) is 5.75. The number of hydrogen-bond donors (Lipinski definition) is 1. The number of benzene rings is 1. The number of nitro benzene ring substituents is 1. The van der Waals surface area contributed by atoms with Crippen LogP contribution in [-0.4, -0.2) is 64.0 Å². The Morgan fingerprint density at radius 3 is 2.21 bits per heavy atom. The van der Waals surface area contributed by atoms with Crippen molar-refractivity contribution in [2.75, 3.05) is 36.8 Å². The van der Waals surface area contributed by atoms with E-state index < -0.39 is 25.0 Å². The van der Waals surface area contributed by atoms with Gasteiger partial charge in [-0.1, -0.05) is 13.8 Å². The Bertz CT molecular complexity index is 937. The van der Waals surface area contributed by atoms with E-state index >= 15 is 0 Å². The lowest BCUT2D eigenvalue weighted by Gasteiger charge is -2.33. The molecule has 0 atom stereocenters. The van der Waals surface area contributed by atoms with Gasteiger partial charge in [-0.25, -0.2) is 21.6 Å². The Balaban J connectivity index is 2.26. The number of sulfonamides is 2. The minimum absolute atomic E-state index is 0.00115. The maximum absolute atomic E-state index is 12.7. The summed E-state index contributed by atoms with van der Waals surface area (Å²) in [5.74, 6) is 0.00115. The van der Waals surface area contributed by atoms with Gasteiger partial charge in [-0.2, -0.15) is 4.31 Å². The average molecular weight is 449 g/mol. The van der Waals surface area contributed by atoms with E-state index in [-0.39, 0.29) is 35.5 Å². The molecule has 12 heteroatoms. The van der Waals surface area contributed by atoms with Crippen LogP contribution in [0.15, 0.2) is 23.1 Å². The van der Waals surface area contributed by atoms with Gasteiger partial charge in [-0.15, -0.1) is 0 Å². The first-order valence-corrected chi connectivity index (χ1v) is 12.7. The molecule has 0 spiro atoms. The molecule has 1 heterocycles. The van der Waals surface area contributed by atoms with Crippen LogP contribution < -0.4 is 9.62 Å². The van der Waals surface area contributed by atoms with Crippen molar-refractivity contribution in [3.8, 4) is 0 Å². The number of anilines is 1. The molecule has 0 amide bonds. The lowest BCUT2D eigenvalue weighted by molar-refractivity contribution is -0.384. The van der Waals surface area contributed by atoms with Gasteiger partial charge in [-0.05, 0) is 31.9 Å². The first-order valence-electron chi connectivity index (χ1n) is 9.59. The third-order valence-electron chi connectivity index (χ3n) is 5.05. The molecule has 1 aliphatic heterocycles. The number of hydrogen-bond acceptors (Lipinski definition) is 7. The van der Waals surface area contributed by atoms with E-state index in [1.807, 2.05) is 0 Å². The largest absolute Gasteiger partial charge is 0.366 e. The topological polar surface area (TPSA) is 130 Å². The SMILES string of the molecule is CCN(CC)S(=O)(=O)c1ccc(N2CCC(NS(=O)(=O)CC)CC2)c([N+](=O)[O-])c1. The minimum Gasteiger partial charge on any atom is -0.366 e. The highest BCUT2D eigenvalue weighted by atomic mass is 32.2. The summed E-state index contributed by atoms with van der Waals surface area (Å²) in [6.45, 7) is 6.39. The van der Waals surface area contributed by atoms with Crippen LogP contribution in [-0.2, 0) is 20.0 Å². The van der Waals surface area contributed by atoms with Crippen LogP contribution in [0.1, 0.15) is 33.6 Å². The Labute approximate surface area is 172 Å². The molecule has 0 bridgehead atoms. The highest BCUT2D eigenvalue weighted by molar-refractivity contribution is 7.89.